The maximum Gasteiger partial charge on any atom is 0.317 e. The Labute approximate surface area is 126 Å². The SMILES string of the molecule is CCNC(=O)N1CCC(NC(c2ccccc2)C2CC2)C1. The Kier molecular flexibility index (Phi) is 4.44. The number of amides is 2. The zero-order chi connectivity index (χ0) is 14.7. The van der Waals surface area contributed by atoms with Crippen molar-refractivity contribution in [2.45, 2.75) is 38.3 Å². The van der Waals surface area contributed by atoms with Crippen LogP contribution in [0, 0.1) is 5.92 Å². The average molecular weight is 287 g/mol. The van der Waals surface area contributed by atoms with Gasteiger partial charge in [-0.2, -0.15) is 0 Å². The Hall–Kier alpha value is -1.55. The van der Waals surface area contributed by atoms with E-state index in [4.69, 9.17) is 0 Å². The molecule has 0 aromatic heterocycles. The molecule has 0 spiro atoms. The van der Waals surface area contributed by atoms with Gasteiger partial charge < -0.3 is 15.5 Å². The van der Waals surface area contributed by atoms with Crippen LogP contribution >= 0.6 is 0 Å². The Balaban J connectivity index is 1.59. The molecule has 2 unspecified atom stereocenters. The van der Waals surface area contributed by atoms with E-state index < -0.39 is 0 Å². The third-order valence-electron chi connectivity index (χ3n) is 4.47. The summed E-state index contributed by atoms with van der Waals surface area (Å²) in [5.41, 5.74) is 1.39. The first-order chi connectivity index (χ1) is 10.3. The van der Waals surface area contributed by atoms with Crippen molar-refractivity contribution in [3.8, 4) is 0 Å². The highest BCUT2D eigenvalue weighted by Crippen LogP contribution is 2.41. The second-order valence-electron chi connectivity index (χ2n) is 6.16. The van der Waals surface area contributed by atoms with Gasteiger partial charge in [0.2, 0.25) is 0 Å². The Morgan fingerprint density at radius 1 is 1.29 bits per heavy atom. The largest absolute Gasteiger partial charge is 0.338 e. The molecule has 0 bridgehead atoms. The first-order valence-corrected chi connectivity index (χ1v) is 8.11. The van der Waals surface area contributed by atoms with Gasteiger partial charge in [0.1, 0.15) is 0 Å². The molecule has 21 heavy (non-hydrogen) atoms. The van der Waals surface area contributed by atoms with E-state index in [0.29, 0.717) is 18.6 Å². The molecule has 1 saturated heterocycles. The summed E-state index contributed by atoms with van der Waals surface area (Å²) in [4.78, 5) is 13.8. The van der Waals surface area contributed by atoms with Crippen molar-refractivity contribution >= 4 is 6.03 Å². The summed E-state index contributed by atoms with van der Waals surface area (Å²) in [6.45, 7) is 4.34. The van der Waals surface area contributed by atoms with E-state index in [9.17, 15) is 4.79 Å². The molecule has 3 rings (SSSR count). The van der Waals surface area contributed by atoms with Crippen molar-refractivity contribution in [2.75, 3.05) is 19.6 Å². The minimum absolute atomic E-state index is 0.0736. The number of rotatable bonds is 5. The summed E-state index contributed by atoms with van der Waals surface area (Å²) in [5.74, 6) is 0.769. The number of benzene rings is 1. The predicted molar refractivity (Wildman–Crippen MR) is 84.1 cm³/mol. The minimum atomic E-state index is 0.0736. The number of nitrogens with one attached hydrogen (secondary N) is 2. The molecular formula is C17H25N3O. The summed E-state index contributed by atoms with van der Waals surface area (Å²) in [7, 11) is 0. The van der Waals surface area contributed by atoms with Gasteiger partial charge in [0, 0.05) is 31.7 Å². The minimum Gasteiger partial charge on any atom is -0.338 e. The number of hydrogen-bond acceptors (Lipinski definition) is 2. The molecule has 4 heteroatoms. The molecule has 1 saturated carbocycles. The van der Waals surface area contributed by atoms with Crippen LogP contribution in [0.3, 0.4) is 0 Å². The summed E-state index contributed by atoms with van der Waals surface area (Å²) < 4.78 is 0. The van der Waals surface area contributed by atoms with Crippen molar-refractivity contribution in [3.63, 3.8) is 0 Å². The highest BCUT2D eigenvalue weighted by Gasteiger charge is 2.35. The Morgan fingerprint density at radius 3 is 2.71 bits per heavy atom. The number of nitrogens with zero attached hydrogens (tertiary/aromatic N) is 1. The lowest BCUT2D eigenvalue weighted by Gasteiger charge is -2.24. The van der Waals surface area contributed by atoms with Gasteiger partial charge in [-0.3, -0.25) is 0 Å². The molecule has 2 fully saturated rings. The van der Waals surface area contributed by atoms with Crippen LogP contribution in [0.2, 0.25) is 0 Å². The number of urea groups is 1. The van der Waals surface area contributed by atoms with Gasteiger partial charge in [0.05, 0.1) is 0 Å². The zero-order valence-corrected chi connectivity index (χ0v) is 12.7. The first kappa shape index (κ1) is 14.4. The fraction of sp³-hybridized carbons (Fsp3) is 0.588. The van der Waals surface area contributed by atoms with E-state index in [1.807, 2.05) is 11.8 Å². The Bertz CT molecular complexity index is 472. The van der Waals surface area contributed by atoms with E-state index in [0.717, 1.165) is 25.4 Å². The zero-order valence-electron chi connectivity index (χ0n) is 12.7. The van der Waals surface area contributed by atoms with Gasteiger partial charge in [-0.1, -0.05) is 30.3 Å². The van der Waals surface area contributed by atoms with Gasteiger partial charge in [-0.25, -0.2) is 4.79 Å². The van der Waals surface area contributed by atoms with Crippen molar-refractivity contribution < 1.29 is 4.79 Å². The Morgan fingerprint density at radius 2 is 2.05 bits per heavy atom. The molecule has 2 atom stereocenters. The van der Waals surface area contributed by atoms with Crippen LogP contribution in [-0.4, -0.2) is 36.6 Å². The topological polar surface area (TPSA) is 44.4 Å². The summed E-state index contributed by atoms with van der Waals surface area (Å²) in [6.07, 6.45) is 3.69. The first-order valence-electron chi connectivity index (χ1n) is 8.11. The molecule has 1 aromatic carbocycles. The molecule has 1 aromatic rings. The third-order valence-corrected chi connectivity index (χ3v) is 4.47. The third kappa shape index (κ3) is 3.56. The maximum absolute atomic E-state index is 11.9. The van der Waals surface area contributed by atoms with E-state index >= 15 is 0 Å². The summed E-state index contributed by atoms with van der Waals surface area (Å²) in [6, 6.07) is 11.7. The van der Waals surface area contributed by atoms with Gasteiger partial charge in [-0.15, -0.1) is 0 Å². The molecule has 4 nitrogen and oxygen atoms in total. The average Bonchev–Trinajstić information content (AvgIpc) is 3.24. The lowest BCUT2D eigenvalue weighted by Crippen LogP contribution is -2.41. The fourth-order valence-corrected chi connectivity index (χ4v) is 3.19. The van der Waals surface area contributed by atoms with Crippen LogP contribution < -0.4 is 10.6 Å². The highest BCUT2D eigenvalue weighted by atomic mass is 16.2. The second-order valence-corrected chi connectivity index (χ2v) is 6.16. The van der Waals surface area contributed by atoms with Crippen molar-refractivity contribution in [2.24, 2.45) is 5.92 Å². The lowest BCUT2D eigenvalue weighted by atomic mass is 10.0. The highest BCUT2D eigenvalue weighted by molar-refractivity contribution is 5.74. The van der Waals surface area contributed by atoms with Gasteiger partial charge in [-0.05, 0) is 37.7 Å². The predicted octanol–water partition coefficient (Wildman–Crippen LogP) is 2.53. The lowest BCUT2D eigenvalue weighted by molar-refractivity contribution is 0.207. The molecule has 0 radical (unpaired) electrons. The van der Waals surface area contributed by atoms with Crippen LogP contribution in [-0.2, 0) is 0 Å². The van der Waals surface area contributed by atoms with Crippen molar-refractivity contribution in [1.82, 2.24) is 15.5 Å². The van der Waals surface area contributed by atoms with Crippen molar-refractivity contribution in [3.05, 3.63) is 35.9 Å². The molecule has 2 N–H and O–H groups in total. The molecule has 2 aliphatic rings. The molecule has 1 aliphatic carbocycles. The number of likely N-dealkylation sites (tertiary alicyclic amines) is 1. The quantitative estimate of drug-likeness (QED) is 0.874. The second kappa shape index (κ2) is 6.48. The van der Waals surface area contributed by atoms with Crippen molar-refractivity contribution in [1.29, 1.82) is 0 Å². The van der Waals surface area contributed by atoms with Crippen LogP contribution in [0.25, 0.3) is 0 Å². The normalized spacial score (nSPS) is 23.1. The van der Waals surface area contributed by atoms with Crippen LogP contribution in [0.1, 0.15) is 37.8 Å². The molecule has 2 amide bonds. The van der Waals surface area contributed by atoms with Gasteiger partial charge in [0.25, 0.3) is 0 Å². The molecule has 1 heterocycles. The van der Waals surface area contributed by atoms with E-state index in [-0.39, 0.29) is 6.03 Å². The van der Waals surface area contributed by atoms with Crippen LogP contribution in [0.4, 0.5) is 4.79 Å². The summed E-state index contributed by atoms with van der Waals surface area (Å²) in [5, 5.41) is 6.69. The monoisotopic (exact) mass is 287 g/mol. The van der Waals surface area contributed by atoms with Crippen LogP contribution in [0.15, 0.2) is 30.3 Å². The smallest absolute Gasteiger partial charge is 0.317 e. The standard InChI is InChI=1S/C17H25N3O/c1-2-18-17(21)20-11-10-15(12-20)19-16(14-8-9-14)13-6-4-3-5-7-13/h3-7,14-16,19H,2,8-12H2,1H3,(H,18,21). The molecular weight excluding hydrogens is 262 g/mol. The molecule has 1 aliphatic heterocycles. The number of carbonyl (C=O) groups excluding carboxylic acids is 1. The van der Waals surface area contributed by atoms with E-state index in [1.165, 1.54) is 18.4 Å². The number of hydrogen-bond donors (Lipinski definition) is 2. The van der Waals surface area contributed by atoms with Gasteiger partial charge in [0.15, 0.2) is 0 Å². The number of carbonyl (C=O) groups is 1. The summed E-state index contributed by atoms with van der Waals surface area (Å²) >= 11 is 0. The van der Waals surface area contributed by atoms with Crippen LogP contribution in [0.5, 0.6) is 0 Å². The molecule has 114 valence electrons. The fourth-order valence-electron chi connectivity index (χ4n) is 3.19. The van der Waals surface area contributed by atoms with E-state index in [1.54, 1.807) is 0 Å². The van der Waals surface area contributed by atoms with E-state index in [2.05, 4.69) is 41.0 Å². The maximum atomic E-state index is 11.9. The van der Waals surface area contributed by atoms with Gasteiger partial charge >= 0.3 is 6.03 Å².